The molecule has 0 unspecified atom stereocenters. The summed E-state index contributed by atoms with van der Waals surface area (Å²) < 4.78 is 0. The van der Waals surface area contributed by atoms with Crippen molar-refractivity contribution in [1.29, 1.82) is 0 Å². The summed E-state index contributed by atoms with van der Waals surface area (Å²) in [6.45, 7) is 7.90. The van der Waals surface area contributed by atoms with Gasteiger partial charge in [0.1, 0.15) is 12.3 Å². The lowest BCUT2D eigenvalue weighted by Gasteiger charge is -2.12. The van der Waals surface area contributed by atoms with Crippen LogP contribution in [-0.2, 0) is 4.84 Å². The summed E-state index contributed by atoms with van der Waals surface area (Å²) in [7, 11) is 0. The van der Waals surface area contributed by atoms with Crippen LogP contribution in [0, 0.1) is 20.8 Å². The predicted octanol–water partition coefficient (Wildman–Crippen LogP) is 5.21. The van der Waals surface area contributed by atoms with E-state index in [-0.39, 0.29) is 6.61 Å². The second kappa shape index (κ2) is 6.97. The fourth-order valence-corrected chi connectivity index (χ4v) is 2.59. The molecular weight excluding hydrogens is 305 g/mol. The van der Waals surface area contributed by atoms with Crippen molar-refractivity contribution in [2.75, 3.05) is 6.61 Å². The fourth-order valence-electron chi connectivity index (χ4n) is 2.14. The third-order valence-corrected chi connectivity index (χ3v) is 3.60. The number of oxime groups is 1. The largest absolute Gasteiger partial charge is 0.395 e. The van der Waals surface area contributed by atoms with E-state index in [0.717, 1.165) is 28.0 Å². The first-order valence-electron chi connectivity index (χ1n) is 6.55. The van der Waals surface area contributed by atoms with E-state index in [1.54, 1.807) is 0 Å². The normalized spacial score (nSPS) is 10.3. The zero-order chi connectivity index (χ0) is 15.4. The lowest BCUT2D eigenvalue weighted by molar-refractivity contribution is 0.173. The van der Waals surface area contributed by atoms with Gasteiger partial charge in [-0.15, -0.1) is 0 Å². The number of aryl methyl sites for hydroxylation is 2. The smallest absolute Gasteiger partial charge is 0.117 e. The zero-order valence-corrected chi connectivity index (χ0v) is 13.5. The van der Waals surface area contributed by atoms with Crippen molar-refractivity contribution in [3.8, 4) is 0 Å². The van der Waals surface area contributed by atoms with Gasteiger partial charge in [0.2, 0.25) is 0 Å². The molecule has 0 heterocycles. The van der Waals surface area contributed by atoms with Crippen molar-refractivity contribution >= 4 is 28.9 Å². The third kappa shape index (κ3) is 3.78. The van der Waals surface area contributed by atoms with E-state index >= 15 is 0 Å². The molecule has 0 bridgehead atoms. The van der Waals surface area contributed by atoms with Gasteiger partial charge in [0, 0.05) is 21.2 Å². The Kier molecular flexibility index (Phi) is 5.27. The number of rotatable bonds is 4. The van der Waals surface area contributed by atoms with Crippen molar-refractivity contribution in [3.05, 3.63) is 75.6 Å². The Morgan fingerprint density at radius 3 is 1.86 bits per heavy atom. The third-order valence-electron chi connectivity index (χ3n) is 3.13. The SMILES string of the molecule is [CH2]CON=C(c1ccc(Cl)cc1C)c1ccc(Cl)cc1C. The Hall–Kier alpha value is -1.51. The number of hydrogen-bond donors (Lipinski definition) is 0. The van der Waals surface area contributed by atoms with Crippen molar-refractivity contribution in [2.45, 2.75) is 13.8 Å². The van der Waals surface area contributed by atoms with Crippen molar-refractivity contribution < 1.29 is 4.84 Å². The zero-order valence-electron chi connectivity index (χ0n) is 12.0. The van der Waals surface area contributed by atoms with Gasteiger partial charge in [-0.05, 0) is 56.2 Å². The minimum absolute atomic E-state index is 0.267. The summed E-state index contributed by atoms with van der Waals surface area (Å²) in [6.07, 6.45) is 0. The molecule has 0 spiro atoms. The molecular formula is C17H16Cl2NO. The van der Waals surface area contributed by atoms with Crippen LogP contribution in [0.4, 0.5) is 0 Å². The van der Waals surface area contributed by atoms with Gasteiger partial charge >= 0.3 is 0 Å². The first-order valence-corrected chi connectivity index (χ1v) is 7.30. The van der Waals surface area contributed by atoms with Crippen LogP contribution in [0.2, 0.25) is 10.0 Å². The van der Waals surface area contributed by atoms with E-state index in [1.165, 1.54) is 0 Å². The quantitative estimate of drug-likeness (QED) is 0.559. The van der Waals surface area contributed by atoms with E-state index in [9.17, 15) is 0 Å². The van der Waals surface area contributed by atoms with E-state index < -0.39 is 0 Å². The van der Waals surface area contributed by atoms with Gasteiger partial charge in [0.15, 0.2) is 0 Å². The topological polar surface area (TPSA) is 21.6 Å². The minimum atomic E-state index is 0.267. The monoisotopic (exact) mass is 320 g/mol. The van der Waals surface area contributed by atoms with E-state index in [2.05, 4.69) is 12.1 Å². The van der Waals surface area contributed by atoms with E-state index in [1.807, 2.05) is 50.2 Å². The molecule has 109 valence electrons. The summed E-state index contributed by atoms with van der Waals surface area (Å²) in [5, 5.41) is 5.62. The standard InChI is InChI=1S/C17H16Cl2NO/c1-4-21-20-17(15-7-5-13(18)9-11(15)2)16-8-6-14(19)10-12(16)3/h5-10H,1,4H2,2-3H3. The average Bonchev–Trinajstić information content (AvgIpc) is 2.42. The molecule has 0 aliphatic rings. The van der Waals surface area contributed by atoms with Crippen LogP contribution in [0.15, 0.2) is 41.6 Å². The molecule has 0 aliphatic carbocycles. The lowest BCUT2D eigenvalue weighted by Crippen LogP contribution is -2.08. The minimum Gasteiger partial charge on any atom is -0.395 e. The highest BCUT2D eigenvalue weighted by atomic mass is 35.5. The van der Waals surface area contributed by atoms with Gasteiger partial charge in [0.05, 0.1) is 0 Å². The van der Waals surface area contributed by atoms with Crippen LogP contribution in [0.5, 0.6) is 0 Å². The molecule has 0 saturated carbocycles. The maximum atomic E-state index is 6.03. The number of hydrogen-bond acceptors (Lipinski definition) is 2. The van der Waals surface area contributed by atoms with Gasteiger partial charge in [0.25, 0.3) is 0 Å². The maximum absolute atomic E-state index is 6.03. The molecule has 0 aromatic heterocycles. The second-order valence-electron chi connectivity index (χ2n) is 4.69. The Morgan fingerprint density at radius 2 is 1.48 bits per heavy atom. The van der Waals surface area contributed by atoms with Gasteiger partial charge < -0.3 is 4.84 Å². The molecule has 0 saturated heterocycles. The highest BCUT2D eigenvalue weighted by molar-refractivity contribution is 6.31. The fraction of sp³-hybridized carbons (Fsp3) is 0.176. The molecule has 2 aromatic rings. The van der Waals surface area contributed by atoms with Gasteiger partial charge in [-0.3, -0.25) is 0 Å². The second-order valence-corrected chi connectivity index (χ2v) is 5.56. The Morgan fingerprint density at radius 1 is 1.00 bits per heavy atom. The van der Waals surface area contributed by atoms with Crippen LogP contribution in [0.25, 0.3) is 0 Å². The highest BCUT2D eigenvalue weighted by Gasteiger charge is 2.14. The van der Waals surface area contributed by atoms with Crippen LogP contribution in [0.1, 0.15) is 22.3 Å². The van der Waals surface area contributed by atoms with Crippen molar-refractivity contribution in [2.24, 2.45) is 5.16 Å². The lowest BCUT2D eigenvalue weighted by atomic mass is 9.95. The molecule has 1 radical (unpaired) electrons. The Bertz CT molecular complexity index is 627. The van der Waals surface area contributed by atoms with E-state index in [4.69, 9.17) is 28.0 Å². The van der Waals surface area contributed by atoms with Crippen LogP contribution < -0.4 is 0 Å². The maximum Gasteiger partial charge on any atom is 0.117 e. The van der Waals surface area contributed by atoms with Crippen LogP contribution in [0.3, 0.4) is 0 Å². The predicted molar refractivity (Wildman–Crippen MR) is 89.3 cm³/mol. The number of nitrogens with zero attached hydrogens (tertiary/aromatic N) is 1. The first kappa shape index (κ1) is 15.9. The Labute approximate surface area is 135 Å². The molecule has 0 atom stereocenters. The van der Waals surface area contributed by atoms with E-state index in [0.29, 0.717) is 10.0 Å². The van der Waals surface area contributed by atoms with Crippen molar-refractivity contribution in [3.63, 3.8) is 0 Å². The molecule has 2 rings (SSSR count). The molecule has 21 heavy (non-hydrogen) atoms. The van der Waals surface area contributed by atoms with Gasteiger partial charge in [-0.2, -0.15) is 0 Å². The molecule has 2 nitrogen and oxygen atoms in total. The summed E-state index contributed by atoms with van der Waals surface area (Å²) in [5.74, 6) is 0. The molecule has 0 amide bonds. The molecule has 0 N–H and O–H groups in total. The molecule has 0 aliphatic heterocycles. The number of halogens is 2. The highest BCUT2D eigenvalue weighted by Crippen LogP contribution is 2.23. The van der Waals surface area contributed by atoms with Gasteiger partial charge in [-0.1, -0.05) is 40.5 Å². The molecule has 2 aromatic carbocycles. The first-order chi connectivity index (χ1) is 10.0. The number of benzene rings is 2. The summed E-state index contributed by atoms with van der Waals surface area (Å²) in [6, 6.07) is 11.4. The summed E-state index contributed by atoms with van der Waals surface area (Å²) in [4.78, 5) is 5.19. The molecule has 0 fully saturated rings. The van der Waals surface area contributed by atoms with Gasteiger partial charge in [-0.25, -0.2) is 0 Å². The van der Waals surface area contributed by atoms with Crippen molar-refractivity contribution in [1.82, 2.24) is 0 Å². The van der Waals surface area contributed by atoms with Crippen LogP contribution in [-0.4, -0.2) is 12.3 Å². The molecule has 4 heteroatoms. The van der Waals surface area contributed by atoms with Crippen LogP contribution >= 0.6 is 23.2 Å². The Balaban J connectivity index is 2.58. The average molecular weight is 321 g/mol. The summed E-state index contributed by atoms with van der Waals surface area (Å²) >= 11 is 12.1. The summed E-state index contributed by atoms with van der Waals surface area (Å²) in [5.41, 5.74) is 4.75.